The lowest BCUT2D eigenvalue weighted by Crippen LogP contribution is -2.10. The van der Waals surface area contributed by atoms with Gasteiger partial charge in [0.25, 0.3) is 0 Å². The van der Waals surface area contributed by atoms with Gasteiger partial charge in [-0.05, 0) is 24.1 Å². The van der Waals surface area contributed by atoms with E-state index in [0.717, 1.165) is 5.39 Å². The second-order valence-corrected chi connectivity index (χ2v) is 4.50. The Morgan fingerprint density at radius 2 is 2.24 bits per heavy atom. The van der Waals surface area contributed by atoms with Crippen molar-refractivity contribution in [2.75, 3.05) is 17.6 Å². The van der Waals surface area contributed by atoms with Crippen LogP contribution < -0.4 is 11.1 Å². The van der Waals surface area contributed by atoms with E-state index in [-0.39, 0.29) is 5.82 Å². The van der Waals surface area contributed by atoms with Gasteiger partial charge in [0.2, 0.25) is 0 Å². The van der Waals surface area contributed by atoms with Crippen LogP contribution in [-0.4, -0.2) is 11.5 Å². The summed E-state index contributed by atoms with van der Waals surface area (Å²) in [7, 11) is 0. The molecule has 0 atom stereocenters. The van der Waals surface area contributed by atoms with Crippen molar-refractivity contribution in [2.24, 2.45) is 5.92 Å². The fraction of sp³-hybridized carbons (Fsp3) is 0.308. The predicted octanol–water partition coefficient (Wildman–Crippen LogP) is 3.02. The van der Waals surface area contributed by atoms with Gasteiger partial charge in [-0.15, -0.1) is 0 Å². The fourth-order valence-corrected chi connectivity index (χ4v) is 1.71. The molecular weight excluding hydrogens is 217 g/mol. The number of nitrogens with one attached hydrogen (secondary N) is 1. The summed E-state index contributed by atoms with van der Waals surface area (Å²) in [6.07, 6.45) is 1.64. The number of hydrogen-bond donors (Lipinski definition) is 2. The van der Waals surface area contributed by atoms with E-state index in [2.05, 4.69) is 24.1 Å². The number of nitrogen functional groups attached to an aromatic ring is 1. The average molecular weight is 233 g/mol. The Morgan fingerprint density at radius 3 is 2.94 bits per heavy atom. The Balaban J connectivity index is 2.53. The minimum Gasteiger partial charge on any atom is -0.398 e. The number of fused-ring (bicyclic) bond motifs is 1. The molecule has 2 aromatic rings. The second-order valence-electron chi connectivity index (χ2n) is 4.50. The first-order chi connectivity index (χ1) is 8.09. The third kappa shape index (κ3) is 2.30. The van der Waals surface area contributed by atoms with Crippen molar-refractivity contribution in [1.82, 2.24) is 4.98 Å². The van der Waals surface area contributed by atoms with Crippen LogP contribution in [0.1, 0.15) is 13.8 Å². The molecule has 0 radical (unpaired) electrons. The molecule has 0 saturated carbocycles. The van der Waals surface area contributed by atoms with E-state index in [0.29, 0.717) is 29.4 Å². The average Bonchev–Trinajstić information content (AvgIpc) is 2.28. The quantitative estimate of drug-likeness (QED) is 0.801. The van der Waals surface area contributed by atoms with Crippen LogP contribution in [0.4, 0.5) is 15.8 Å². The predicted molar refractivity (Wildman–Crippen MR) is 69.4 cm³/mol. The monoisotopic (exact) mass is 233 g/mol. The van der Waals surface area contributed by atoms with Gasteiger partial charge in [-0.3, -0.25) is 4.98 Å². The minimum absolute atomic E-state index is 0.352. The van der Waals surface area contributed by atoms with E-state index in [4.69, 9.17) is 5.73 Å². The van der Waals surface area contributed by atoms with Crippen LogP contribution >= 0.6 is 0 Å². The number of aromatic nitrogens is 1. The Bertz CT molecular complexity index is 537. The summed E-state index contributed by atoms with van der Waals surface area (Å²) in [6.45, 7) is 4.84. The van der Waals surface area contributed by atoms with Crippen molar-refractivity contribution < 1.29 is 4.39 Å². The molecule has 1 aromatic heterocycles. The molecular formula is C13H16FN3. The number of benzene rings is 1. The van der Waals surface area contributed by atoms with Gasteiger partial charge < -0.3 is 11.1 Å². The molecule has 0 unspecified atom stereocenters. The molecule has 1 heterocycles. The van der Waals surface area contributed by atoms with Gasteiger partial charge in [-0.1, -0.05) is 13.8 Å². The van der Waals surface area contributed by atoms with Crippen LogP contribution in [-0.2, 0) is 0 Å². The lowest BCUT2D eigenvalue weighted by Gasteiger charge is -2.13. The molecule has 0 aliphatic rings. The zero-order valence-electron chi connectivity index (χ0n) is 10.00. The Hall–Kier alpha value is -1.84. The summed E-state index contributed by atoms with van der Waals surface area (Å²) in [6, 6.07) is 4.98. The SMILES string of the molecule is CC(C)CNc1c(F)cc(N)c2cccnc12. The number of hydrogen-bond acceptors (Lipinski definition) is 3. The first kappa shape index (κ1) is 11.6. The molecule has 0 amide bonds. The number of halogens is 1. The fourth-order valence-electron chi connectivity index (χ4n) is 1.71. The number of nitrogens with two attached hydrogens (primary N) is 1. The Kier molecular flexibility index (Phi) is 3.13. The number of nitrogens with zero attached hydrogens (tertiary/aromatic N) is 1. The standard InChI is InChI=1S/C13H16FN3/c1-8(2)7-17-13-10(14)6-11(15)9-4-3-5-16-12(9)13/h3-6,8,17H,7,15H2,1-2H3. The zero-order valence-corrected chi connectivity index (χ0v) is 10.00. The van der Waals surface area contributed by atoms with Gasteiger partial charge in [0.05, 0.1) is 11.2 Å². The minimum atomic E-state index is -0.352. The molecule has 4 heteroatoms. The maximum Gasteiger partial charge on any atom is 0.150 e. The van der Waals surface area contributed by atoms with Crippen molar-refractivity contribution >= 4 is 22.3 Å². The van der Waals surface area contributed by atoms with Crippen molar-refractivity contribution in [1.29, 1.82) is 0 Å². The summed E-state index contributed by atoms with van der Waals surface area (Å²) in [4.78, 5) is 4.20. The highest BCUT2D eigenvalue weighted by Gasteiger charge is 2.11. The lowest BCUT2D eigenvalue weighted by molar-refractivity contribution is 0.626. The van der Waals surface area contributed by atoms with Gasteiger partial charge >= 0.3 is 0 Å². The maximum atomic E-state index is 13.8. The zero-order chi connectivity index (χ0) is 12.4. The van der Waals surface area contributed by atoms with Crippen LogP contribution in [0, 0.1) is 11.7 Å². The topological polar surface area (TPSA) is 50.9 Å². The number of pyridine rings is 1. The molecule has 90 valence electrons. The lowest BCUT2D eigenvalue weighted by atomic mass is 10.1. The maximum absolute atomic E-state index is 13.8. The third-order valence-corrected chi connectivity index (χ3v) is 2.56. The molecule has 0 bridgehead atoms. The first-order valence-corrected chi connectivity index (χ1v) is 5.66. The van der Waals surface area contributed by atoms with E-state index in [9.17, 15) is 4.39 Å². The molecule has 2 rings (SSSR count). The summed E-state index contributed by atoms with van der Waals surface area (Å²) < 4.78 is 13.8. The highest BCUT2D eigenvalue weighted by molar-refractivity contribution is 5.98. The van der Waals surface area contributed by atoms with Crippen molar-refractivity contribution in [3.63, 3.8) is 0 Å². The molecule has 3 nitrogen and oxygen atoms in total. The largest absolute Gasteiger partial charge is 0.398 e. The molecule has 3 N–H and O–H groups in total. The Morgan fingerprint density at radius 1 is 1.47 bits per heavy atom. The van der Waals surface area contributed by atoms with Gasteiger partial charge in [-0.2, -0.15) is 0 Å². The van der Waals surface area contributed by atoms with E-state index in [1.165, 1.54) is 6.07 Å². The second kappa shape index (κ2) is 4.57. The van der Waals surface area contributed by atoms with Crippen molar-refractivity contribution in [2.45, 2.75) is 13.8 Å². The Labute approximate surface area is 99.8 Å². The highest BCUT2D eigenvalue weighted by atomic mass is 19.1. The molecule has 17 heavy (non-hydrogen) atoms. The van der Waals surface area contributed by atoms with Gasteiger partial charge in [0.1, 0.15) is 0 Å². The number of anilines is 2. The van der Waals surface area contributed by atoms with Crippen LogP contribution in [0.25, 0.3) is 10.9 Å². The third-order valence-electron chi connectivity index (χ3n) is 2.56. The van der Waals surface area contributed by atoms with Crippen LogP contribution in [0.3, 0.4) is 0 Å². The van der Waals surface area contributed by atoms with E-state index >= 15 is 0 Å². The van der Waals surface area contributed by atoms with Crippen LogP contribution in [0.15, 0.2) is 24.4 Å². The smallest absolute Gasteiger partial charge is 0.150 e. The summed E-state index contributed by atoms with van der Waals surface area (Å²) >= 11 is 0. The van der Waals surface area contributed by atoms with Crippen molar-refractivity contribution in [3.8, 4) is 0 Å². The van der Waals surface area contributed by atoms with Crippen LogP contribution in [0.2, 0.25) is 0 Å². The van der Waals surface area contributed by atoms with Gasteiger partial charge in [-0.25, -0.2) is 4.39 Å². The molecule has 0 fully saturated rings. The summed E-state index contributed by atoms with van der Waals surface area (Å²) in [5.74, 6) is 0.0834. The summed E-state index contributed by atoms with van der Waals surface area (Å²) in [5, 5.41) is 3.87. The van der Waals surface area contributed by atoms with Gasteiger partial charge in [0.15, 0.2) is 5.82 Å². The first-order valence-electron chi connectivity index (χ1n) is 5.66. The molecule has 0 aliphatic carbocycles. The molecule has 0 saturated heterocycles. The van der Waals surface area contributed by atoms with Gasteiger partial charge in [0, 0.05) is 23.8 Å². The highest BCUT2D eigenvalue weighted by Crippen LogP contribution is 2.29. The van der Waals surface area contributed by atoms with Crippen LogP contribution in [0.5, 0.6) is 0 Å². The van der Waals surface area contributed by atoms with E-state index in [1.54, 1.807) is 12.3 Å². The molecule has 0 spiro atoms. The normalized spacial score (nSPS) is 11.1. The van der Waals surface area contributed by atoms with E-state index in [1.807, 2.05) is 6.07 Å². The molecule has 1 aromatic carbocycles. The summed E-state index contributed by atoms with van der Waals surface area (Å²) in [5.41, 5.74) is 7.21. The van der Waals surface area contributed by atoms with E-state index < -0.39 is 0 Å². The number of rotatable bonds is 3. The molecule has 0 aliphatic heterocycles. The van der Waals surface area contributed by atoms with Crippen molar-refractivity contribution in [3.05, 3.63) is 30.2 Å².